The number of carbonyl (C=O) groups excluding carboxylic acids is 1. The van der Waals surface area contributed by atoms with Crippen LogP contribution in [0, 0.1) is 0 Å². The topological polar surface area (TPSA) is 107 Å². The van der Waals surface area contributed by atoms with E-state index >= 15 is 0 Å². The molecule has 0 bridgehead atoms. The number of hydrogen-bond acceptors (Lipinski definition) is 6. The van der Waals surface area contributed by atoms with E-state index in [-0.39, 0.29) is 6.42 Å². The molecule has 1 unspecified atom stereocenters. The zero-order valence-electron chi connectivity index (χ0n) is 19.3. The number of esters is 1. The first-order valence-corrected chi connectivity index (χ1v) is 12.4. The maximum atomic E-state index is 11.6. The minimum Gasteiger partial charge on any atom is -0.433 e. The highest BCUT2D eigenvalue weighted by atomic mass is 16.6. The highest BCUT2D eigenvalue weighted by molar-refractivity contribution is 5.69. The lowest BCUT2D eigenvalue weighted by molar-refractivity contribution is -0.201. The van der Waals surface area contributed by atoms with Gasteiger partial charge in [-0.25, -0.2) is 0 Å². The van der Waals surface area contributed by atoms with Crippen molar-refractivity contribution in [1.29, 1.82) is 0 Å². The molecule has 0 aromatic carbocycles. The lowest BCUT2D eigenvalue weighted by Crippen LogP contribution is -2.41. The summed E-state index contributed by atoms with van der Waals surface area (Å²) < 4.78 is 4.66. The van der Waals surface area contributed by atoms with E-state index < -0.39 is 31.1 Å². The molecular formula is C24H48O6. The van der Waals surface area contributed by atoms with Crippen LogP contribution >= 0.6 is 0 Å². The van der Waals surface area contributed by atoms with Gasteiger partial charge in [0.15, 0.2) is 0 Å². The molecule has 0 aliphatic rings. The molecule has 3 atom stereocenters. The maximum absolute atomic E-state index is 11.6. The summed E-state index contributed by atoms with van der Waals surface area (Å²) in [5.41, 5.74) is 0. The van der Waals surface area contributed by atoms with Crippen LogP contribution in [0.4, 0.5) is 0 Å². The fourth-order valence-electron chi connectivity index (χ4n) is 3.56. The van der Waals surface area contributed by atoms with E-state index in [1.54, 1.807) is 0 Å². The molecule has 30 heavy (non-hydrogen) atoms. The van der Waals surface area contributed by atoms with Gasteiger partial charge in [-0.3, -0.25) is 4.79 Å². The summed E-state index contributed by atoms with van der Waals surface area (Å²) >= 11 is 0. The number of carbonyl (C=O) groups is 1. The number of aliphatic hydroxyl groups is 4. The lowest BCUT2D eigenvalue weighted by Gasteiger charge is -2.21. The van der Waals surface area contributed by atoms with Crippen LogP contribution in [0.5, 0.6) is 0 Å². The monoisotopic (exact) mass is 432 g/mol. The van der Waals surface area contributed by atoms with Crippen molar-refractivity contribution in [3.05, 3.63) is 0 Å². The second kappa shape index (κ2) is 21.5. The van der Waals surface area contributed by atoms with Gasteiger partial charge >= 0.3 is 5.97 Å². The first-order chi connectivity index (χ1) is 14.5. The third-order valence-corrected chi connectivity index (χ3v) is 5.61. The smallest absolute Gasteiger partial charge is 0.308 e. The molecule has 0 spiro atoms. The number of rotatable bonds is 22. The van der Waals surface area contributed by atoms with E-state index in [9.17, 15) is 20.1 Å². The van der Waals surface area contributed by atoms with Crippen LogP contribution in [0.3, 0.4) is 0 Å². The third kappa shape index (κ3) is 18.1. The molecule has 4 N–H and O–H groups in total. The lowest BCUT2D eigenvalue weighted by atomic mass is 10.0. The van der Waals surface area contributed by atoms with Crippen molar-refractivity contribution in [3.8, 4) is 0 Å². The van der Waals surface area contributed by atoms with Gasteiger partial charge in [0.1, 0.15) is 12.2 Å². The molecule has 0 fully saturated rings. The van der Waals surface area contributed by atoms with E-state index in [0.29, 0.717) is 6.42 Å². The predicted octanol–water partition coefficient (Wildman–Crippen LogP) is 4.60. The summed E-state index contributed by atoms with van der Waals surface area (Å²) in [5.74, 6) is -0.604. The van der Waals surface area contributed by atoms with Crippen molar-refractivity contribution in [2.45, 2.75) is 141 Å². The zero-order valence-corrected chi connectivity index (χ0v) is 19.3. The molecule has 0 aromatic rings. The Morgan fingerprint density at radius 1 is 0.667 bits per heavy atom. The van der Waals surface area contributed by atoms with E-state index in [0.717, 1.165) is 12.8 Å². The van der Waals surface area contributed by atoms with Crippen molar-refractivity contribution in [2.24, 2.45) is 0 Å². The number of aliphatic hydroxyl groups excluding tert-OH is 4. The molecule has 0 saturated carbocycles. The molecule has 0 saturated heterocycles. The second-order valence-electron chi connectivity index (χ2n) is 8.53. The normalized spacial score (nSPS) is 14.4. The highest BCUT2D eigenvalue weighted by Crippen LogP contribution is 2.14. The summed E-state index contributed by atoms with van der Waals surface area (Å²) in [6, 6.07) is 0. The quantitative estimate of drug-likeness (QED) is 0.113. The Morgan fingerprint density at radius 2 is 1.03 bits per heavy atom. The molecular weight excluding hydrogens is 384 g/mol. The second-order valence-corrected chi connectivity index (χ2v) is 8.53. The predicted molar refractivity (Wildman–Crippen MR) is 120 cm³/mol. The van der Waals surface area contributed by atoms with Gasteiger partial charge in [0.05, 0.1) is 6.61 Å². The molecule has 180 valence electrons. The van der Waals surface area contributed by atoms with Gasteiger partial charge in [0.2, 0.25) is 6.29 Å². The van der Waals surface area contributed by atoms with Crippen LogP contribution < -0.4 is 0 Å². The Hall–Kier alpha value is -0.690. The number of unbranched alkanes of at least 4 members (excludes halogenated alkanes) is 16. The first kappa shape index (κ1) is 29.3. The van der Waals surface area contributed by atoms with Gasteiger partial charge in [-0.2, -0.15) is 0 Å². The molecule has 0 rings (SSSR count). The van der Waals surface area contributed by atoms with Crippen molar-refractivity contribution in [1.82, 2.24) is 0 Å². The molecule has 0 radical (unpaired) electrons. The van der Waals surface area contributed by atoms with Crippen LogP contribution in [0.25, 0.3) is 0 Å². The van der Waals surface area contributed by atoms with Crippen LogP contribution in [0.15, 0.2) is 0 Å². The molecule has 0 heterocycles. The van der Waals surface area contributed by atoms with Crippen LogP contribution in [0.2, 0.25) is 0 Å². The van der Waals surface area contributed by atoms with Gasteiger partial charge in [-0.05, 0) is 6.42 Å². The van der Waals surface area contributed by atoms with Crippen molar-refractivity contribution in [2.75, 3.05) is 6.61 Å². The minimum absolute atomic E-state index is 0.178. The van der Waals surface area contributed by atoms with Gasteiger partial charge in [-0.1, -0.05) is 110 Å². The summed E-state index contributed by atoms with van der Waals surface area (Å²) in [4.78, 5) is 11.6. The van der Waals surface area contributed by atoms with Gasteiger partial charge in [0.25, 0.3) is 0 Å². The van der Waals surface area contributed by atoms with E-state index in [1.807, 2.05) is 0 Å². The maximum Gasteiger partial charge on any atom is 0.308 e. The molecule has 0 aliphatic heterocycles. The zero-order chi connectivity index (χ0) is 22.5. The summed E-state index contributed by atoms with van der Waals surface area (Å²) in [6.45, 7) is 1.55. The van der Waals surface area contributed by atoms with E-state index in [4.69, 9.17) is 5.11 Å². The molecule has 6 nitrogen and oxygen atoms in total. The first-order valence-electron chi connectivity index (χ1n) is 12.4. The standard InChI is InChI=1S/C24H48O6/c1-2-3-4-5-6-7-8-9-10-11-12-13-14-15-16-17-18-19-22(27)30-24(29)23(28)21(26)20-25/h21,23-26,28-29H,2-20H2,1H3/t21-,23-,24?/m0/s1. The van der Waals surface area contributed by atoms with Crippen LogP contribution in [-0.4, -0.2) is 51.5 Å². The van der Waals surface area contributed by atoms with Gasteiger partial charge in [-0.15, -0.1) is 0 Å². The average Bonchev–Trinajstić information content (AvgIpc) is 2.74. The van der Waals surface area contributed by atoms with Crippen LogP contribution in [-0.2, 0) is 9.53 Å². The van der Waals surface area contributed by atoms with E-state index in [2.05, 4.69) is 11.7 Å². The minimum atomic E-state index is -1.81. The molecule has 0 amide bonds. The summed E-state index contributed by atoms with van der Waals surface area (Å²) in [6.07, 6.45) is 16.7. The van der Waals surface area contributed by atoms with Crippen molar-refractivity contribution in [3.63, 3.8) is 0 Å². The average molecular weight is 433 g/mol. The molecule has 0 aromatic heterocycles. The Labute approximate surface area is 184 Å². The summed E-state index contributed by atoms with van der Waals surface area (Å²) in [5, 5.41) is 36.8. The van der Waals surface area contributed by atoms with Crippen molar-refractivity contribution >= 4 is 5.97 Å². The third-order valence-electron chi connectivity index (χ3n) is 5.61. The van der Waals surface area contributed by atoms with Gasteiger partial charge < -0.3 is 25.2 Å². The highest BCUT2D eigenvalue weighted by Gasteiger charge is 2.27. The Kier molecular flexibility index (Phi) is 21.0. The van der Waals surface area contributed by atoms with Crippen LogP contribution in [0.1, 0.15) is 122 Å². The van der Waals surface area contributed by atoms with E-state index in [1.165, 1.54) is 89.9 Å². The summed E-state index contributed by atoms with van der Waals surface area (Å²) in [7, 11) is 0. The van der Waals surface area contributed by atoms with Crippen molar-refractivity contribution < 1.29 is 30.0 Å². The fourth-order valence-corrected chi connectivity index (χ4v) is 3.56. The SMILES string of the molecule is CCCCCCCCCCCCCCCCCCCC(=O)OC(O)[C@@H](O)[C@@H](O)CO. The number of ether oxygens (including phenoxy) is 1. The Bertz CT molecular complexity index is 377. The largest absolute Gasteiger partial charge is 0.433 e. The fraction of sp³-hybridized carbons (Fsp3) is 0.958. The molecule has 0 aliphatic carbocycles. The Balaban J connectivity index is 3.32. The Morgan fingerprint density at radius 3 is 1.40 bits per heavy atom. The van der Waals surface area contributed by atoms with Gasteiger partial charge in [0, 0.05) is 6.42 Å². The number of hydrogen-bond donors (Lipinski definition) is 4. The molecule has 6 heteroatoms.